The molecule has 0 amide bonds. The van der Waals surface area contributed by atoms with Crippen molar-refractivity contribution in [1.82, 2.24) is 14.4 Å². The predicted molar refractivity (Wildman–Crippen MR) is 25.4 cm³/mol. The van der Waals surface area contributed by atoms with Crippen molar-refractivity contribution in [2.45, 2.75) is 0 Å². The van der Waals surface area contributed by atoms with Gasteiger partial charge in [-0.2, -0.15) is 8.42 Å². The monoisotopic (exact) mass is 151 g/mol. The van der Waals surface area contributed by atoms with Gasteiger partial charge in [-0.15, -0.1) is 9.19 Å². The lowest BCUT2D eigenvalue weighted by Crippen LogP contribution is -2.06. The number of rotatable bonds is 1. The molecule has 5 nitrogen and oxygen atoms in total. The SMILES string of the molecule is O=S(=O)(F)n1ccnn1. The third-order valence-corrected chi connectivity index (χ3v) is 1.27. The van der Waals surface area contributed by atoms with Gasteiger partial charge in [-0.05, 0) is 0 Å². The van der Waals surface area contributed by atoms with Gasteiger partial charge >= 0.3 is 10.4 Å². The van der Waals surface area contributed by atoms with Crippen LogP contribution in [0.1, 0.15) is 0 Å². The number of hydrogen-bond acceptors (Lipinski definition) is 4. The van der Waals surface area contributed by atoms with Crippen LogP contribution in [-0.2, 0) is 10.4 Å². The summed E-state index contributed by atoms with van der Waals surface area (Å²) in [5.74, 6) is 0. The molecule has 9 heavy (non-hydrogen) atoms. The van der Waals surface area contributed by atoms with E-state index in [2.05, 4.69) is 10.3 Å². The highest BCUT2D eigenvalue weighted by Crippen LogP contribution is 1.91. The van der Waals surface area contributed by atoms with Crippen LogP contribution in [-0.4, -0.2) is 22.8 Å². The molecule has 7 heteroatoms. The molecule has 0 spiro atoms. The summed E-state index contributed by atoms with van der Waals surface area (Å²) in [5, 5.41) is 5.97. The normalized spacial score (nSPS) is 11.7. The summed E-state index contributed by atoms with van der Waals surface area (Å²) in [5.41, 5.74) is 0. The van der Waals surface area contributed by atoms with Crippen molar-refractivity contribution >= 4 is 10.4 Å². The number of halogens is 1. The van der Waals surface area contributed by atoms with Crippen LogP contribution in [0.3, 0.4) is 0 Å². The number of hydrogen-bond donors (Lipinski definition) is 0. The summed E-state index contributed by atoms with van der Waals surface area (Å²) in [6.45, 7) is 0. The first-order chi connectivity index (χ1) is 4.11. The first-order valence-corrected chi connectivity index (χ1v) is 3.26. The molecule has 1 heterocycles. The third-order valence-electron chi connectivity index (χ3n) is 0.624. The number of nitrogens with zero attached hydrogens (tertiary/aromatic N) is 3. The Hall–Kier alpha value is -0.980. The Morgan fingerprint density at radius 3 is 2.44 bits per heavy atom. The first kappa shape index (κ1) is 6.14. The number of aromatic nitrogens is 3. The Balaban J connectivity index is 3.20. The summed E-state index contributed by atoms with van der Waals surface area (Å²) in [4.78, 5) is 0. The van der Waals surface area contributed by atoms with E-state index in [9.17, 15) is 12.3 Å². The van der Waals surface area contributed by atoms with E-state index >= 15 is 0 Å². The second-order valence-corrected chi connectivity index (χ2v) is 2.42. The van der Waals surface area contributed by atoms with Gasteiger partial charge in [-0.25, -0.2) is 0 Å². The van der Waals surface area contributed by atoms with E-state index in [-0.39, 0.29) is 4.09 Å². The van der Waals surface area contributed by atoms with Gasteiger partial charge in [0, 0.05) is 0 Å². The van der Waals surface area contributed by atoms with E-state index in [0.717, 1.165) is 12.4 Å². The van der Waals surface area contributed by atoms with Crippen molar-refractivity contribution in [3.8, 4) is 0 Å². The molecule has 1 rings (SSSR count). The fourth-order valence-corrected chi connectivity index (χ4v) is 0.643. The van der Waals surface area contributed by atoms with Crippen molar-refractivity contribution in [3.63, 3.8) is 0 Å². The molecule has 1 aromatic rings. The average molecular weight is 151 g/mol. The molecular formula is C2H2FN3O2S. The van der Waals surface area contributed by atoms with Gasteiger partial charge in [0.1, 0.15) is 0 Å². The standard InChI is InChI=1S/C2H2FN3O2S/c3-9(7,8)6-2-1-4-5-6/h1-2H. The van der Waals surface area contributed by atoms with Gasteiger partial charge in [0.2, 0.25) is 0 Å². The highest BCUT2D eigenvalue weighted by atomic mass is 32.3. The Bertz CT molecular complexity index is 277. The molecule has 0 saturated heterocycles. The summed E-state index contributed by atoms with van der Waals surface area (Å²) in [6.07, 6.45) is 1.96. The van der Waals surface area contributed by atoms with Crippen molar-refractivity contribution in [3.05, 3.63) is 12.4 Å². The van der Waals surface area contributed by atoms with Gasteiger partial charge in [0.15, 0.2) is 0 Å². The highest BCUT2D eigenvalue weighted by molar-refractivity contribution is 7.84. The fraction of sp³-hybridized carbons (Fsp3) is 0. The van der Waals surface area contributed by atoms with E-state index in [1.165, 1.54) is 0 Å². The van der Waals surface area contributed by atoms with Crippen LogP contribution in [0.25, 0.3) is 0 Å². The van der Waals surface area contributed by atoms with Gasteiger partial charge in [-0.3, -0.25) is 0 Å². The maximum atomic E-state index is 11.8. The molecule has 0 unspecified atom stereocenters. The van der Waals surface area contributed by atoms with E-state index in [1.807, 2.05) is 0 Å². The Kier molecular flexibility index (Phi) is 1.20. The molecule has 0 fully saturated rings. The third kappa shape index (κ3) is 1.22. The van der Waals surface area contributed by atoms with Gasteiger partial charge in [0.25, 0.3) is 0 Å². The molecule has 0 N–H and O–H groups in total. The maximum Gasteiger partial charge on any atom is 0.419 e. The van der Waals surface area contributed by atoms with Crippen LogP contribution >= 0.6 is 0 Å². The summed E-state index contributed by atoms with van der Waals surface area (Å²) < 4.78 is 31.7. The van der Waals surface area contributed by atoms with E-state index < -0.39 is 10.4 Å². The molecule has 0 bridgehead atoms. The molecular weight excluding hydrogens is 149 g/mol. The molecule has 0 radical (unpaired) electrons. The maximum absolute atomic E-state index is 11.8. The van der Waals surface area contributed by atoms with Gasteiger partial charge in [0.05, 0.1) is 12.4 Å². The molecule has 0 aromatic carbocycles. The summed E-state index contributed by atoms with van der Waals surface area (Å²) in [6, 6.07) is 0. The van der Waals surface area contributed by atoms with Gasteiger partial charge in [-0.1, -0.05) is 9.10 Å². The molecule has 50 valence electrons. The van der Waals surface area contributed by atoms with Crippen molar-refractivity contribution in [2.75, 3.05) is 0 Å². The second-order valence-electron chi connectivity index (χ2n) is 1.22. The zero-order valence-corrected chi connectivity index (χ0v) is 4.92. The van der Waals surface area contributed by atoms with Crippen molar-refractivity contribution in [2.24, 2.45) is 0 Å². The summed E-state index contributed by atoms with van der Waals surface area (Å²) >= 11 is 0. The van der Waals surface area contributed by atoms with E-state index in [1.54, 1.807) is 0 Å². The summed E-state index contributed by atoms with van der Waals surface area (Å²) in [7, 11) is -4.72. The average Bonchev–Trinajstić information content (AvgIpc) is 2.08. The molecule has 0 aliphatic heterocycles. The zero-order chi connectivity index (χ0) is 6.91. The predicted octanol–water partition coefficient (Wildman–Crippen LogP) is -0.659. The smallest absolute Gasteiger partial charge is 0.169 e. The van der Waals surface area contributed by atoms with E-state index in [0.29, 0.717) is 0 Å². The topological polar surface area (TPSA) is 64.8 Å². The van der Waals surface area contributed by atoms with Crippen molar-refractivity contribution < 1.29 is 12.3 Å². The Labute approximate surface area is 50.4 Å². The lowest BCUT2D eigenvalue weighted by molar-refractivity contribution is 0.530. The first-order valence-electron chi connectivity index (χ1n) is 1.92. The minimum Gasteiger partial charge on any atom is -0.169 e. The minimum absolute atomic E-state index is 0.132. The van der Waals surface area contributed by atoms with Crippen LogP contribution in [0, 0.1) is 0 Å². The molecule has 0 aliphatic carbocycles. The molecule has 0 aliphatic rings. The quantitative estimate of drug-likeness (QED) is 0.500. The molecule has 0 saturated carbocycles. The van der Waals surface area contributed by atoms with Crippen LogP contribution in [0.5, 0.6) is 0 Å². The van der Waals surface area contributed by atoms with Crippen LogP contribution in [0.2, 0.25) is 0 Å². The second kappa shape index (κ2) is 1.76. The van der Waals surface area contributed by atoms with Crippen LogP contribution in [0.4, 0.5) is 3.89 Å². The largest absolute Gasteiger partial charge is 0.419 e. The van der Waals surface area contributed by atoms with E-state index in [4.69, 9.17) is 0 Å². The van der Waals surface area contributed by atoms with Crippen molar-refractivity contribution in [1.29, 1.82) is 0 Å². The molecule has 0 atom stereocenters. The van der Waals surface area contributed by atoms with Crippen LogP contribution < -0.4 is 0 Å². The fourth-order valence-electron chi connectivity index (χ4n) is 0.314. The Morgan fingerprint density at radius 1 is 1.56 bits per heavy atom. The van der Waals surface area contributed by atoms with Crippen LogP contribution in [0.15, 0.2) is 12.4 Å². The minimum atomic E-state index is -4.72. The zero-order valence-electron chi connectivity index (χ0n) is 4.10. The molecule has 1 aromatic heterocycles. The highest BCUT2D eigenvalue weighted by Gasteiger charge is 2.08. The van der Waals surface area contributed by atoms with Gasteiger partial charge < -0.3 is 0 Å². The lowest BCUT2D eigenvalue weighted by atomic mass is 11.0. The lowest BCUT2D eigenvalue weighted by Gasteiger charge is -1.85. The Morgan fingerprint density at radius 2 is 2.22 bits per heavy atom.